The van der Waals surface area contributed by atoms with Gasteiger partial charge in [0.25, 0.3) is 0 Å². The Labute approximate surface area is 102 Å². The highest BCUT2D eigenvalue weighted by Gasteiger charge is 2.09. The lowest BCUT2D eigenvalue weighted by Gasteiger charge is -2.16. The first-order chi connectivity index (χ1) is 6.50. The van der Waals surface area contributed by atoms with Gasteiger partial charge < -0.3 is 9.73 Å². The standard InChI is InChI=1S/C10H15Br2NO/c1-6(2)7(3)13-5-8-4-9(11)10(12)14-8/h4,6-7,13H,5H2,1-3H3. The van der Waals surface area contributed by atoms with Crippen molar-refractivity contribution in [3.63, 3.8) is 0 Å². The second-order valence-electron chi connectivity index (χ2n) is 3.75. The smallest absolute Gasteiger partial charge is 0.183 e. The molecule has 0 aliphatic rings. The maximum absolute atomic E-state index is 5.45. The van der Waals surface area contributed by atoms with Crippen LogP contribution in [0, 0.1) is 5.92 Å². The molecule has 0 saturated heterocycles. The molecule has 0 bridgehead atoms. The maximum atomic E-state index is 5.45. The van der Waals surface area contributed by atoms with E-state index in [1.165, 1.54) is 0 Å². The number of nitrogens with one attached hydrogen (secondary N) is 1. The topological polar surface area (TPSA) is 25.2 Å². The quantitative estimate of drug-likeness (QED) is 0.907. The van der Waals surface area contributed by atoms with E-state index in [0.29, 0.717) is 12.0 Å². The van der Waals surface area contributed by atoms with Crippen LogP contribution < -0.4 is 5.32 Å². The molecule has 1 heterocycles. The molecule has 1 unspecified atom stereocenters. The highest BCUT2D eigenvalue weighted by Crippen LogP contribution is 2.26. The minimum atomic E-state index is 0.498. The van der Waals surface area contributed by atoms with Gasteiger partial charge in [0, 0.05) is 6.04 Å². The number of halogens is 2. The van der Waals surface area contributed by atoms with Crippen molar-refractivity contribution in [2.24, 2.45) is 5.92 Å². The number of hydrogen-bond acceptors (Lipinski definition) is 2. The predicted octanol–water partition coefficient (Wildman–Crippen LogP) is 3.94. The van der Waals surface area contributed by atoms with Crippen LogP contribution in [0.2, 0.25) is 0 Å². The SMILES string of the molecule is CC(C)C(C)NCc1cc(Br)c(Br)o1. The second kappa shape index (κ2) is 5.33. The molecule has 2 nitrogen and oxygen atoms in total. The van der Waals surface area contributed by atoms with Crippen LogP contribution in [-0.4, -0.2) is 6.04 Å². The van der Waals surface area contributed by atoms with E-state index in [2.05, 4.69) is 57.9 Å². The first kappa shape index (κ1) is 12.3. The summed E-state index contributed by atoms with van der Waals surface area (Å²) in [5.41, 5.74) is 0. The number of hydrogen-bond donors (Lipinski definition) is 1. The Morgan fingerprint density at radius 1 is 1.36 bits per heavy atom. The van der Waals surface area contributed by atoms with Gasteiger partial charge in [0.1, 0.15) is 5.76 Å². The summed E-state index contributed by atoms with van der Waals surface area (Å²) in [6.45, 7) is 7.35. The van der Waals surface area contributed by atoms with Gasteiger partial charge in [0.2, 0.25) is 0 Å². The molecule has 14 heavy (non-hydrogen) atoms. The van der Waals surface area contributed by atoms with Crippen LogP contribution in [0.1, 0.15) is 26.5 Å². The van der Waals surface area contributed by atoms with Crippen molar-refractivity contribution in [3.05, 3.63) is 21.0 Å². The summed E-state index contributed by atoms with van der Waals surface area (Å²) in [4.78, 5) is 0. The van der Waals surface area contributed by atoms with Gasteiger partial charge in [-0.3, -0.25) is 0 Å². The molecule has 0 fully saturated rings. The van der Waals surface area contributed by atoms with Crippen molar-refractivity contribution in [1.29, 1.82) is 0 Å². The zero-order valence-corrected chi connectivity index (χ0v) is 11.8. The minimum absolute atomic E-state index is 0.498. The van der Waals surface area contributed by atoms with Gasteiger partial charge in [-0.2, -0.15) is 0 Å². The zero-order valence-electron chi connectivity index (χ0n) is 8.60. The van der Waals surface area contributed by atoms with Crippen LogP contribution >= 0.6 is 31.9 Å². The van der Waals surface area contributed by atoms with Crippen molar-refractivity contribution < 1.29 is 4.42 Å². The van der Waals surface area contributed by atoms with Gasteiger partial charge in [-0.15, -0.1) is 0 Å². The van der Waals surface area contributed by atoms with Crippen molar-refractivity contribution in [2.75, 3.05) is 0 Å². The maximum Gasteiger partial charge on any atom is 0.183 e. The Morgan fingerprint density at radius 2 is 2.00 bits per heavy atom. The van der Waals surface area contributed by atoms with E-state index in [-0.39, 0.29) is 0 Å². The number of rotatable bonds is 4. The van der Waals surface area contributed by atoms with E-state index >= 15 is 0 Å². The van der Waals surface area contributed by atoms with Crippen molar-refractivity contribution in [2.45, 2.75) is 33.4 Å². The summed E-state index contributed by atoms with van der Waals surface area (Å²) in [5.74, 6) is 1.58. The predicted molar refractivity (Wildman–Crippen MR) is 65.2 cm³/mol. The minimum Gasteiger partial charge on any atom is -0.452 e. The Kier molecular flexibility index (Phi) is 4.67. The molecular formula is C10H15Br2NO. The molecule has 0 saturated carbocycles. The van der Waals surface area contributed by atoms with Crippen LogP contribution in [0.15, 0.2) is 19.6 Å². The Balaban J connectivity index is 2.46. The molecule has 0 spiro atoms. The van der Waals surface area contributed by atoms with Crippen molar-refractivity contribution >= 4 is 31.9 Å². The van der Waals surface area contributed by atoms with Crippen LogP contribution in [0.5, 0.6) is 0 Å². The highest BCUT2D eigenvalue weighted by atomic mass is 79.9. The van der Waals surface area contributed by atoms with Gasteiger partial charge in [-0.05, 0) is 50.8 Å². The third kappa shape index (κ3) is 3.41. The van der Waals surface area contributed by atoms with Gasteiger partial charge >= 0.3 is 0 Å². The molecule has 0 amide bonds. The molecule has 1 atom stereocenters. The summed E-state index contributed by atoms with van der Waals surface area (Å²) in [5, 5.41) is 3.40. The molecule has 4 heteroatoms. The fourth-order valence-electron chi connectivity index (χ4n) is 0.976. The van der Waals surface area contributed by atoms with Gasteiger partial charge in [0.15, 0.2) is 4.67 Å². The van der Waals surface area contributed by atoms with Crippen molar-refractivity contribution in [3.8, 4) is 0 Å². The summed E-state index contributed by atoms with van der Waals surface area (Å²) in [6.07, 6.45) is 0. The normalized spacial score (nSPS) is 13.6. The number of furan rings is 1. The van der Waals surface area contributed by atoms with Crippen LogP contribution in [0.25, 0.3) is 0 Å². The Bertz CT molecular complexity index is 277. The molecule has 1 aromatic rings. The molecule has 1 rings (SSSR count). The van der Waals surface area contributed by atoms with Gasteiger partial charge in [0.05, 0.1) is 11.0 Å². The molecule has 0 aliphatic carbocycles. The summed E-state index contributed by atoms with van der Waals surface area (Å²) in [7, 11) is 0. The third-order valence-corrected chi connectivity index (χ3v) is 4.00. The molecule has 0 aliphatic heterocycles. The van der Waals surface area contributed by atoms with E-state index in [1.54, 1.807) is 0 Å². The first-order valence-corrected chi connectivity index (χ1v) is 6.26. The Morgan fingerprint density at radius 3 is 2.43 bits per heavy atom. The highest BCUT2D eigenvalue weighted by molar-refractivity contribution is 9.13. The van der Waals surface area contributed by atoms with Crippen molar-refractivity contribution in [1.82, 2.24) is 5.32 Å². The molecule has 1 N–H and O–H groups in total. The second-order valence-corrected chi connectivity index (χ2v) is 5.32. The Hall–Kier alpha value is 0.200. The molecule has 0 aromatic carbocycles. The molecular weight excluding hydrogens is 310 g/mol. The van der Waals surface area contributed by atoms with Crippen LogP contribution in [0.4, 0.5) is 0 Å². The monoisotopic (exact) mass is 323 g/mol. The lowest BCUT2D eigenvalue weighted by molar-refractivity contribution is 0.391. The fraction of sp³-hybridized carbons (Fsp3) is 0.600. The summed E-state index contributed by atoms with van der Waals surface area (Å²) < 4.78 is 7.17. The van der Waals surface area contributed by atoms with E-state index in [9.17, 15) is 0 Å². The average Bonchev–Trinajstić information content (AvgIpc) is 2.42. The van der Waals surface area contributed by atoms with Crippen LogP contribution in [0.3, 0.4) is 0 Å². The lowest BCUT2D eigenvalue weighted by Crippen LogP contribution is -2.29. The van der Waals surface area contributed by atoms with E-state index < -0.39 is 0 Å². The zero-order chi connectivity index (χ0) is 10.7. The van der Waals surface area contributed by atoms with E-state index in [4.69, 9.17) is 4.42 Å². The van der Waals surface area contributed by atoms with E-state index in [1.807, 2.05) is 6.07 Å². The summed E-state index contributed by atoms with van der Waals surface area (Å²) >= 11 is 6.69. The molecule has 1 aromatic heterocycles. The third-order valence-electron chi connectivity index (χ3n) is 2.29. The largest absolute Gasteiger partial charge is 0.452 e. The molecule has 80 valence electrons. The van der Waals surface area contributed by atoms with E-state index in [0.717, 1.165) is 21.4 Å². The average molecular weight is 325 g/mol. The molecule has 0 radical (unpaired) electrons. The first-order valence-electron chi connectivity index (χ1n) is 4.67. The van der Waals surface area contributed by atoms with Gasteiger partial charge in [-0.25, -0.2) is 0 Å². The summed E-state index contributed by atoms with van der Waals surface area (Å²) in [6, 6.07) is 2.47. The van der Waals surface area contributed by atoms with Gasteiger partial charge in [-0.1, -0.05) is 13.8 Å². The lowest BCUT2D eigenvalue weighted by atomic mass is 10.1. The fourth-order valence-corrected chi connectivity index (χ4v) is 1.63. The van der Waals surface area contributed by atoms with Crippen LogP contribution in [-0.2, 0) is 6.54 Å².